The topological polar surface area (TPSA) is 109 Å². The molecule has 2 atom stereocenters. The number of esters is 1. The molecule has 0 aromatic heterocycles. The van der Waals surface area contributed by atoms with Crippen LogP contribution in [0.2, 0.25) is 5.02 Å². The average Bonchev–Trinajstić information content (AvgIpc) is 3.04. The number of carbonyl (C=O) groups is 3. The lowest BCUT2D eigenvalue weighted by Crippen LogP contribution is -2.36. The van der Waals surface area contributed by atoms with Crippen LogP contribution in [0.4, 0.5) is 5.69 Å². The molecule has 2 aliphatic heterocycles. The van der Waals surface area contributed by atoms with E-state index in [1.165, 1.54) is 12.1 Å². The number of hydrazone groups is 1. The summed E-state index contributed by atoms with van der Waals surface area (Å²) < 4.78 is 4.54. The molecule has 1 fully saturated rings. The molecule has 0 aliphatic carbocycles. The number of halogens is 1. The fraction of sp³-hybridized carbons (Fsp3) is 0.231. The minimum absolute atomic E-state index is 0.233. The van der Waals surface area contributed by atoms with Crippen molar-refractivity contribution in [3.8, 4) is 0 Å². The largest absolute Gasteiger partial charge is 0.464 e. The molecule has 2 aliphatic rings. The van der Waals surface area contributed by atoms with Crippen LogP contribution in [0, 0.1) is 10.8 Å². The van der Waals surface area contributed by atoms with E-state index in [1.807, 2.05) is 0 Å². The molecule has 3 rings (SSSR count). The van der Waals surface area contributed by atoms with Gasteiger partial charge in [0.05, 0.1) is 18.1 Å². The Morgan fingerprint density at radius 2 is 2.09 bits per heavy atom. The number of benzene rings is 1. The predicted octanol–water partition coefficient (Wildman–Crippen LogP) is 0.724. The summed E-state index contributed by atoms with van der Waals surface area (Å²) in [5.74, 6) is -3.56. The van der Waals surface area contributed by atoms with Crippen molar-refractivity contribution in [1.82, 2.24) is 5.12 Å². The standard InChI is InChI=1S/C13H9ClN4O5/c1-23-13(21)9-8-10(18(15-9)16-22)12(20)17(11(8)19)7-4-2-3-6(14)5-7/h2-5,8,10H,1H3. The third-order valence-electron chi connectivity index (χ3n) is 3.57. The van der Waals surface area contributed by atoms with Crippen LogP contribution >= 0.6 is 11.6 Å². The summed E-state index contributed by atoms with van der Waals surface area (Å²) in [5, 5.41) is 7.04. The smallest absolute Gasteiger partial charge is 0.355 e. The highest BCUT2D eigenvalue weighted by molar-refractivity contribution is 6.46. The van der Waals surface area contributed by atoms with Crippen LogP contribution in [0.3, 0.4) is 0 Å². The molecule has 0 bridgehead atoms. The minimum Gasteiger partial charge on any atom is -0.464 e. The van der Waals surface area contributed by atoms with Crippen molar-refractivity contribution in [1.29, 1.82) is 0 Å². The molecule has 2 amide bonds. The van der Waals surface area contributed by atoms with Crippen molar-refractivity contribution in [2.24, 2.45) is 16.3 Å². The van der Waals surface area contributed by atoms with Gasteiger partial charge < -0.3 is 4.74 Å². The Hall–Kier alpha value is -2.81. The van der Waals surface area contributed by atoms with Crippen LogP contribution in [0.15, 0.2) is 34.7 Å². The first kappa shape index (κ1) is 15.1. The third kappa shape index (κ3) is 2.16. The molecule has 0 saturated carbocycles. The number of nitroso groups, excluding NO2 is 1. The summed E-state index contributed by atoms with van der Waals surface area (Å²) in [6.45, 7) is 0. The van der Waals surface area contributed by atoms with Gasteiger partial charge in [-0.05, 0) is 18.2 Å². The minimum atomic E-state index is -1.30. The molecular formula is C13H9ClN4O5. The number of fused-ring (bicyclic) bond motifs is 1. The SMILES string of the molecule is COC(=O)C1=NN(N=O)C2C(=O)N(c3cccc(Cl)c3)C(=O)C12. The van der Waals surface area contributed by atoms with Gasteiger partial charge in [-0.2, -0.15) is 0 Å². The fourth-order valence-corrected chi connectivity index (χ4v) is 2.79. The van der Waals surface area contributed by atoms with E-state index in [1.54, 1.807) is 12.1 Å². The second-order valence-electron chi connectivity index (χ2n) is 4.79. The Morgan fingerprint density at radius 3 is 2.70 bits per heavy atom. The van der Waals surface area contributed by atoms with Crippen LogP contribution in [-0.2, 0) is 19.1 Å². The first-order valence-electron chi connectivity index (χ1n) is 6.42. The van der Waals surface area contributed by atoms with Crippen molar-refractivity contribution in [3.05, 3.63) is 34.2 Å². The summed E-state index contributed by atoms with van der Waals surface area (Å²) in [5.41, 5.74) is -0.100. The van der Waals surface area contributed by atoms with Crippen LogP contribution in [-0.4, -0.2) is 41.8 Å². The maximum Gasteiger partial charge on any atom is 0.355 e. The van der Waals surface area contributed by atoms with Crippen LogP contribution in [0.5, 0.6) is 0 Å². The average molecular weight is 337 g/mol. The Kier molecular flexibility index (Phi) is 3.57. The van der Waals surface area contributed by atoms with Crippen molar-refractivity contribution in [2.45, 2.75) is 6.04 Å². The number of carbonyl (C=O) groups excluding carboxylic acids is 3. The van der Waals surface area contributed by atoms with Gasteiger partial charge in [0, 0.05) is 5.02 Å². The van der Waals surface area contributed by atoms with Gasteiger partial charge in [0.15, 0.2) is 11.8 Å². The van der Waals surface area contributed by atoms with Gasteiger partial charge in [-0.15, -0.1) is 15.1 Å². The highest BCUT2D eigenvalue weighted by Gasteiger charge is 2.59. The van der Waals surface area contributed by atoms with Gasteiger partial charge in [-0.3, -0.25) is 9.59 Å². The third-order valence-corrected chi connectivity index (χ3v) is 3.81. The van der Waals surface area contributed by atoms with Gasteiger partial charge in [0.25, 0.3) is 5.91 Å². The van der Waals surface area contributed by atoms with E-state index in [-0.39, 0.29) is 11.4 Å². The zero-order chi connectivity index (χ0) is 16.7. The van der Waals surface area contributed by atoms with E-state index < -0.39 is 29.7 Å². The number of anilines is 1. The molecule has 10 heteroatoms. The molecule has 1 aromatic carbocycles. The molecule has 0 spiro atoms. The maximum absolute atomic E-state index is 12.6. The van der Waals surface area contributed by atoms with Gasteiger partial charge in [-0.1, -0.05) is 17.7 Å². The molecular weight excluding hydrogens is 328 g/mol. The van der Waals surface area contributed by atoms with E-state index in [0.29, 0.717) is 10.1 Å². The molecule has 2 unspecified atom stereocenters. The van der Waals surface area contributed by atoms with Crippen LogP contribution < -0.4 is 4.90 Å². The molecule has 0 radical (unpaired) electrons. The molecule has 2 heterocycles. The van der Waals surface area contributed by atoms with Crippen molar-refractivity contribution in [3.63, 3.8) is 0 Å². The van der Waals surface area contributed by atoms with Crippen LogP contribution in [0.25, 0.3) is 0 Å². The lowest BCUT2D eigenvalue weighted by Gasteiger charge is -2.16. The lowest BCUT2D eigenvalue weighted by atomic mass is 9.98. The Labute approximate surface area is 134 Å². The second-order valence-corrected chi connectivity index (χ2v) is 5.23. The van der Waals surface area contributed by atoms with E-state index in [9.17, 15) is 19.3 Å². The zero-order valence-electron chi connectivity index (χ0n) is 11.7. The van der Waals surface area contributed by atoms with E-state index in [2.05, 4.69) is 15.1 Å². The zero-order valence-corrected chi connectivity index (χ0v) is 12.4. The maximum atomic E-state index is 12.6. The van der Waals surface area contributed by atoms with Gasteiger partial charge in [0.2, 0.25) is 5.91 Å². The molecule has 118 valence electrons. The highest BCUT2D eigenvalue weighted by atomic mass is 35.5. The molecule has 9 nitrogen and oxygen atoms in total. The quantitative estimate of drug-likeness (QED) is 0.457. The van der Waals surface area contributed by atoms with Crippen molar-refractivity contribution >= 4 is 40.8 Å². The Morgan fingerprint density at radius 1 is 1.35 bits per heavy atom. The molecule has 23 heavy (non-hydrogen) atoms. The van der Waals surface area contributed by atoms with E-state index in [4.69, 9.17) is 11.6 Å². The number of nitrogens with zero attached hydrogens (tertiary/aromatic N) is 4. The number of hydrogen-bond donors (Lipinski definition) is 0. The predicted molar refractivity (Wildman–Crippen MR) is 78.3 cm³/mol. The summed E-state index contributed by atoms with van der Waals surface area (Å²) >= 11 is 5.87. The molecule has 0 N–H and O–H groups in total. The van der Waals surface area contributed by atoms with Crippen molar-refractivity contribution in [2.75, 3.05) is 12.0 Å². The number of ether oxygens (including phenoxy) is 1. The van der Waals surface area contributed by atoms with Crippen molar-refractivity contribution < 1.29 is 19.1 Å². The van der Waals surface area contributed by atoms with Gasteiger partial charge in [0.1, 0.15) is 5.92 Å². The number of imide groups is 1. The van der Waals surface area contributed by atoms with E-state index >= 15 is 0 Å². The summed E-state index contributed by atoms with van der Waals surface area (Å²) in [7, 11) is 1.10. The first-order chi connectivity index (χ1) is 11.0. The van der Waals surface area contributed by atoms with E-state index in [0.717, 1.165) is 12.0 Å². The van der Waals surface area contributed by atoms with Gasteiger partial charge >= 0.3 is 5.97 Å². The number of amides is 2. The number of rotatable bonds is 3. The first-order valence-corrected chi connectivity index (χ1v) is 6.80. The monoisotopic (exact) mass is 336 g/mol. The molecule has 1 aromatic rings. The second kappa shape index (κ2) is 5.43. The number of methoxy groups -OCH3 is 1. The Bertz CT molecular complexity index is 764. The van der Waals surface area contributed by atoms with Gasteiger partial charge in [-0.25, -0.2) is 9.69 Å². The highest BCUT2D eigenvalue weighted by Crippen LogP contribution is 2.36. The summed E-state index contributed by atoms with van der Waals surface area (Å²) in [4.78, 5) is 48.6. The Balaban J connectivity index is 2.05. The normalized spacial score (nSPS) is 23.0. The molecule has 1 saturated heterocycles. The summed E-state index contributed by atoms with van der Waals surface area (Å²) in [6, 6.07) is 4.78. The number of hydrogen-bond acceptors (Lipinski definition) is 7. The summed E-state index contributed by atoms with van der Waals surface area (Å²) in [6.07, 6.45) is 0. The fourth-order valence-electron chi connectivity index (χ4n) is 2.60. The van der Waals surface area contributed by atoms with Crippen LogP contribution in [0.1, 0.15) is 0 Å². The lowest BCUT2D eigenvalue weighted by molar-refractivity contribution is -0.133.